The Morgan fingerprint density at radius 3 is 2.55 bits per heavy atom. The zero-order valence-electron chi connectivity index (χ0n) is 15.8. The molecular weight excluding hydrogens is 412 g/mol. The number of nitrogens with zero attached hydrogens (tertiary/aromatic N) is 4. The van der Waals surface area contributed by atoms with E-state index >= 15 is 0 Å². The van der Waals surface area contributed by atoms with Gasteiger partial charge in [0.25, 0.3) is 5.22 Å². The number of sulfonamides is 1. The minimum absolute atomic E-state index is 0.0574. The number of piperazine rings is 1. The molecule has 2 aromatic rings. The standard InChI is InChI=1S/C19H22N4O4S2/c24-17(14-28-19-21-20-18(27-19)16-6-7-16)22-9-11-23(12-10-22)29(25,26)13-8-15-4-2-1-3-5-15/h1-5,8,13,16H,6-7,9-12,14H2/b13-8+. The monoisotopic (exact) mass is 434 g/mol. The molecule has 1 aliphatic carbocycles. The van der Waals surface area contributed by atoms with Gasteiger partial charge in [0.2, 0.25) is 21.8 Å². The van der Waals surface area contributed by atoms with E-state index in [0.717, 1.165) is 18.4 Å². The lowest BCUT2D eigenvalue weighted by atomic mass is 10.2. The fourth-order valence-electron chi connectivity index (χ4n) is 3.00. The summed E-state index contributed by atoms with van der Waals surface area (Å²) in [6, 6.07) is 9.28. The van der Waals surface area contributed by atoms with Gasteiger partial charge < -0.3 is 9.32 Å². The van der Waals surface area contributed by atoms with Crippen molar-refractivity contribution < 1.29 is 17.6 Å². The van der Waals surface area contributed by atoms with Gasteiger partial charge in [0.15, 0.2) is 0 Å². The molecule has 2 heterocycles. The average Bonchev–Trinajstić information content (AvgIpc) is 3.49. The summed E-state index contributed by atoms with van der Waals surface area (Å²) in [6.45, 7) is 1.30. The Morgan fingerprint density at radius 1 is 1.14 bits per heavy atom. The van der Waals surface area contributed by atoms with Gasteiger partial charge in [-0.1, -0.05) is 42.1 Å². The minimum Gasteiger partial charge on any atom is -0.416 e. The smallest absolute Gasteiger partial charge is 0.277 e. The number of carbonyl (C=O) groups is 1. The maximum absolute atomic E-state index is 12.5. The molecular formula is C19H22N4O4S2. The van der Waals surface area contributed by atoms with Crippen molar-refractivity contribution in [3.05, 3.63) is 47.2 Å². The molecule has 0 radical (unpaired) electrons. The van der Waals surface area contributed by atoms with Gasteiger partial charge in [-0.3, -0.25) is 4.79 Å². The molecule has 4 rings (SSSR count). The normalized spacial score (nSPS) is 18.4. The van der Waals surface area contributed by atoms with Crippen LogP contribution in [0.1, 0.15) is 30.2 Å². The Kier molecular flexibility index (Phi) is 6.02. The first-order valence-electron chi connectivity index (χ1n) is 9.48. The second kappa shape index (κ2) is 8.68. The molecule has 2 fully saturated rings. The van der Waals surface area contributed by atoms with Crippen LogP contribution in [-0.2, 0) is 14.8 Å². The maximum atomic E-state index is 12.5. The molecule has 1 aromatic heterocycles. The predicted octanol–water partition coefficient (Wildman–Crippen LogP) is 2.18. The average molecular weight is 435 g/mol. The molecule has 1 aromatic carbocycles. The second-order valence-corrected chi connectivity index (χ2v) is 9.75. The molecule has 1 aliphatic heterocycles. The third-order valence-electron chi connectivity index (χ3n) is 4.85. The molecule has 0 bridgehead atoms. The van der Waals surface area contributed by atoms with Crippen molar-refractivity contribution in [2.24, 2.45) is 0 Å². The number of hydrogen-bond donors (Lipinski definition) is 0. The van der Waals surface area contributed by atoms with Crippen LogP contribution in [0.15, 0.2) is 45.4 Å². The van der Waals surface area contributed by atoms with Gasteiger partial charge in [-0.05, 0) is 24.5 Å². The van der Waals surface area contributed by atoms with Crippen molar-refractivity contribution >= 4 is 33.8 Å². The fourth-order valence-corrected chi connectivity index (χ4v) is 4.84. The van der Waals surface area contributed by atoms with Crippen molar-refractivity contribution in [2.45, 2.75) is 24.0 Å². The number of benzene rings is 1. The van der Waals surface area contributed by atoms with Crippen molar-refractivity contribution in [3.8, 4) is 0 Å². The highest BCUT2D eigenvalue weighted by Gasteiger charge is 2.30. The van der Waals surface area contributed by atoms with Gasteiger partial charge in [-0.2, -0.15) is 4.31 Å². The summed E-state index contributed by atoms with van der Waals surface area (Å²) in [5.41, 5.74) is 0.827. The van der Waals surface area contributed by atoms with Crippen LogP contribution in [0.25, 0.3) is 6.08 Å². The molecule has 1 saturated carbocycles. The molecule has 0 N–H and O–H groups in total. The lowest BCUT2D eigenvalue weighted by molar-refractivity contribution is -0.129. The topological polar surface area (TPSA) is 96.6 Å². The Balaban J connectivity index is 1.25. The van der Waals surface area contributed by atoms with E-state index in [4.69, 9.17) is 4.42 Å². The molecule has 0 unspecified atom stereocenters. The number of thioether (sulfide) groups is 1. The minimum atomic E-state index is -3.51. The Morgan fingerprint density at radius 2 is 1.86 bits per heavy atom. The Hall–Kier alpha value is -2.17. The number of rotatable bonds is 7. The van der Waals surface area contributed by atoms with E-state index in [2.05, 4.69) is 10.2 Å². The van der Waals surface area contributed by atoms with E-state index in [1.807, 2.05) is 30.3 Å². The molecule has 10 heteroatoms. The molecule has 8 nitrogen and oxygen atoms in total. The molecule has 29 heavy (non-hydrogen) atoms. The molecule has 1 amide bonds. The SMILES string of the molecule is O=C(CSc1nnc(C2CC2)o1)N1CCN(S(=O)(=O)/C=C/c2ccccc2)CC1. The van der Waals surface area contributed by atoms with E-state index < -0.39 is 10.0 Å². The first-order valence-corrected chi connectivity index (χ1v) is 12.0. The molecule has 2 aliphatic rings. The highest BCUT2D eigenvalue weighted by atomic mass is 32.2. The summed E-state index contributed by atoms with van der Waals surface area (Å²) in [4.78, 5) is 14.1. The largest absolute Gasteiger partial charge is 0.416 e. The third kappa shape index (κ3) is 5.26. The molecule has 0 atom stereocenters. The van der Waals surface area contributed by atoms with Gasteiger partial charge in [-0.25, -0.2) is 8.42 Å². The fraction of sp³-hybridized carbons (Fsp3) is 0.421. The molecule has 1 saturated heterocycles. The Bertz CT molecular complexity index is 979. The van der Waals surface area contributed by atoms with Gasteiger partial charge in [0.05, 0.1) is 5.75 Å². The quantitative estimate of drug-likeness (QED) is 0.616. The van der Waals surface area contributed by atoms with E-state index in [0.29, 0.717) is 30.1 Å². The zero-order valence-corrected chi connectivity index (χ0v) is 17.4. The van der Waals surface area contributed by atoms with Crippen molar-refractivity contribution in [2.75, 3.05) is 31.9 Å². The number of aromatic nitrogens is 2. The third-order valence-corrected chi connectivity index (χ3v) is 7.22. The van der Waals surface area contributed by atoms with Gasteiger partial charge in [0, 0.05) is 37.5 Å². The lowest BCUT2D eigenvalue weighted by Gasteiger charge is -2.33. The first-order chi connectivity index (χ1) is 14.0. The van der Waals surface area contributed by atoms with Crippen LogP contribution in [0.4, 0.5) is 0 Å². The number of carbonyl (C=O) groups excluding carboxylic acids is 1. The maximum Gasteiger partial charge on any atom is 0.277 e. The van der Waals surface area contributed by atoms with Crippen LogP contribution in [0.5, 0.6) is 0 Å². The van der Waals surface area contributed by atoms with Crippen molar-refractivity contribution in [1.82, 2.24) is 19.4 Å². The van der Waals surface area contributed by atoms with Crippen molar-refractivity contribution in [1.29, 1.82) is 0 Å². The second-order valence-electron chi connectivity index (χ2n) is 7.01. The van der Waals surface area contributed by atoms with Gasteiger partial charge in [-0.15, -0.1) is 10.2 Å². The highest BCUT2D eigenvalue weighted by Crippen LogP contribution is 2.39. The van der Waals surface area contributed by atoms with Crippen LogP contribution >= 0.6 is 11.8 Å². The predicted molar refractivity (Wildman–Crippen MR) is 110 cm³/mol. The molecule has 154 valence electrons. The summed E-state index contributed by atoms with van der Waals surface area (Å²) in [5, 5.41) is 9.60. The van der Waals surface area contributed by atoms with E-state index in [1.165, 1.54) is 21.5 Å². The summed E-state index contributed by atoms with van der Waals surface area (Å²) < 4.78 is 32.0. The summed E-state index contributed by atoms with van der Waals surface area (Å²) in [6.07, 6.45) is 3.75. The van der Waals surface area contributed by atoms with Gasteiger partial charge in [0.1, 0.15) is 0 Å². The number of amides is 1. The van der Waals surface area contributed by atoms with Crippen molar-refractivity contribution in [3.63, 3.8) is 0 Å². The lowest BCUT2D eigenvalue weighted by Crippen LogP contribution is -2.50. The summed E-state index contributed by atoms with van der Waals surface area (Å²) in [7, 11) is -3.51. The number of hydrogen-bond acceptors (Lipinski definition) is 7. The van der Waals surface area contributed by atoms with Crippen LogP contribution in [0.2, 0.25) is 0 Å². The van der Waals surface area contributed by atoms with Crippen LogP contribution in [0, 0.1) is 0 Å². The van der Waals surface area contributed by atoms with E-state index in [-0.39, 0.29) is 24.7 Å². The highest BCUT2D eigenvalue weighted by molar-refractivity contribution is 7.99. The van der Waals surface area contributed by atoms with Crippen LogP contribution in [0.3, 0.4) is 0 Å². The van der Waals surface area contributed by atoms with E-state index in [9.17, 15) is 13.2 Å². The summed E-state index contributed by atoms with van der Waals surface area (Å²) >= 11 is 1.23. The molecule has 0 spiro atoms. The first kappa shape index (κ1) is 20.1. The Labute approximate surface area is 174 Å². The zero-order chi connectivity index (χ0) is 20.3. The van der Waals surface area contributed by atoms with Gasteiger partial charge >= 0.3 is 0 Å². The van der Waals surface area contributed by atoms with E-state index in [1.54, 1.807) is 11.0 Å². The van der Waals surface area contributed by atoms with Crippen LogP contribution in [-0.4, -0.2) is 65.7 Å². The summed E-state index contributed by atoms with van der Waals surface area (Å²) in [5.74, 6) is 1.19. The van der Waals surface area contributed by atoms with Crippen LogP contribution < -0.4 is 0 Å².